The van der Waals surface area contributed by atoms with Crippen molar-refractivity contribution in [3.8, 4) is 11.5 Å². The van der Waals surface area contributed by atoms with Crippen molar-refractivity contribution in [3.63, 3.8) is 0 Å². The zero-order valence-electron chi connectivity index (χ0n) is 12.9. The second kappa shape index (κ2) is 9.54. The molecule has 1 fully saturated rings. The van der Waals surface area contributed by atoms with Gasteiger partial charge in [-0.15, -0.1) is 12.4 Å². The number of benzene rings is 1. The number of rotatable bonds is 6. The molecule has 2 rings (SSSR count). The highest BCUT2D eigenvalue weighted by atomic mass is 35.5. The Morgan fingerprint density at radius 1 is 1.27 bits per heavy atom. The molecule has 0 spiro atoms. The first-order valence-corrected chi connectivity index (χ1v) is 7.50. The van der Waals surface area contributed by atoms with Crippen LogP contribution in [0, 0.1) is 5.92 Å². The van der Waals surface area contributed by atoms with Gasteiger partial charge in [0.15, 0.2) is 18.1 Å². The van der Waals surface area contributed by atoms with Gasteiger partial charge in [-0.3, -0.25) is 4.79 Å². The average Bonchev–Trinajstić information content (AvgIpc) is 2.53. The first-order chi connectivity index (χ1) is 10.2. The zero-order valence-corrected chi connectivity index (χ0v) is 13.7. The molecule has 0 heterocycles. The number of carbonyl (C=O) groups is 1. The van der Waals surface area contributed by atoms with Crippen molar-refractivity contribution in [2.24, 2.45) is 11.7 Å². The van der Waals surface area contributed by atoms with E-state index in [1.807, 2.05) is 12.1 Å². The van der Waals surface area contributed by atoms with Gasteiger partial charge in [0.1, 0.15) is 0 Å². The molecule has 0 radical (unpaired) electrons. The fraction of sp³-hybridized carbons (Fsp3) is 0.562. The number of para-hydroxylation sites is 2. The third kappa shape index (κ3) is 5.07. The molecular formula is C16H25ClN2O3. The van der Waals surface area contributed by atoms with Crippen LogP contribution in [0.3, 0.4) is 0 Å². The van der Waals surface area contributed by atoms with Crippen molar-refractivity contribution in [3.05, 3.63) is 24.3 Å². The van der Waals surface area contributed by atoms with Gasteiger partial charge in [0.05, 0.1) is 7.11 Å². The summed E-state index contributed by atoms with van der Waals surface area (Å²) in [5, 5.41) is 3.04. The third-order valence-electron chi connectivity index (χ3n) is 3.99. The van der Waals surface area contributed by atoms with Crippen LogP contribution in [0.4, 0.5) is 0 Å². The smallest absolute Gasteiger partial charge is 0.258 e. The van der Waals surface area contributed by atoms with Crippen LogP contribution in [0.15, 0.2) is 24.3 Å². The van der Waals surface area contributed by atoms with Gasteiger partial charge < -0.3 is 20.5 Å². The molecular weight excluding hydrogens is 304 g/mol. The number of hydrogen-bond donors (Lipinski definition) is 2. The van der Waals surface area contributed by atoms with Crippen molar-refractivity contribution in [1.82, 2.24) is 5.32 Å². The Hall–Kier alpha value is -1.46. The van der Waals surface area contributed by atoms with Gasteiger partial charge in [0.25, 0.3) is 5.91 Å². The maximum atomic E-state index is 12.0. The van der Waals surface area contributed by atoms with Crippen molar-refractivity contribution < 1.29 is 14.3 Å². The molecule has 2 unspecified atom stereocenters. The number of carbonyl (C=O) groups excluding carboxylic acids is 1. The quantitative estimate of drug-likeness (QED) is 0.839. The van der Waals surface area contributed by atoms with Crippen LogP contribution in [-0.2, 0) is 4.79 Å². The van der Waals surface area contributed by atoms with Crippen LogP contribution in [0.25, 0.3) is 0 Å². The normalized spacial score (nSPS) is 20.6. The molecule has 1 aromatic carbocycles. The molecule has 22 heavy (non-hydrogen) atoms. The number of hydrogen-bond acceptors (Lipinski definition) is 4. The van der Waals surface area contributed by atoms with E-state index in [2.05, 4.69) is 5.32 Å². The number of nitrogens with two attached hydrogens (primary N) is 1. The molecule has 1 saturated carbocycles. The summed E-state index contributed by atoms with van der Waals surface area (Å²) in [6.45, 7) is 0.618. The Morgan fingerprint density at radius 2 is 1.95 bits per heavy atom. The van der Waals surface area contributed by atoms with Gasteiger partial charge in [0.2, 0.25) is 0 Å². The number of ether oxygens (including phenoxy) is 2. The minimum atomic E-state index is -0.105. The summed E-state index contributed by atoms with van der Waals surface area (Å²) < 4.78 is 10.7. The van der Waals surface area contributed by atoms with E-state index < -0.39 is 0 Å². The Bertz CT molecular complexity index is 470. The zero-order chi connectivity index (χ0) is 15.1. The highest BCUT2D eigenvalue weighted by Gasteiger charge is 2.25. The largest absolute Gasteiger partial charge is 0.493 e. The molecule has 0 aromatic heterocycles. The molecule has 0 aliphatic heterocycles. The predicted octanol–water partition coefficient (Wildman–Crippen LogP) is 2.13. The lowest BCUT2D eigenvalue weighted by Crippen LogP contribution is -2.46. The van der Waals surface area contributed by atoms with Crippen LogP contribution in [0.2, 0.25) is 0 Å². The van der Waals surface area contributed by atoms with Crippen LogP contribution in [0.5, 0.6) is 11.5 Å². The molecule has 1 aliphatic carbocycles. The summed E-state index contributed by atoms with van der Waals surface area (Å²) in [4.78, 5) is 12.0. The van der Waals surface area contributed by atoms with Gasteiger partial charge in [-0.2, -0.15) is 0 Å². The minimum Gasteiger partial charge on any atom is -0.493 e. The highest BCUT2D eigenvalue weighted by molar-refractivity contribution is 5.85. The number of halogens is 1. The monoisotopic (exact) mass is 328 g/mol. The van der Waals surface area contributed by atoms with Gasteiger partial charge in [-0.25, -0.2) is 0 Å². The van der Waals surface area contributed by atoms with E-state index in [0.29, 0.717) is 24.0 Å². The van der Waals surface area contributed by atoms with Crippen LogP contribution in [0.1, 0.15) is 25.7 Å². The van der Waals surface area contributed by atoms with Crippen LogP contribution >= 0.6 is 12.4 Å². The van der Waals surface area contributed by atoms with Crippen LogP contribution in [-0.4, -0.2) is 32.2 Å². The predicted molar refractivity (Wildman–Crippen MR) is 88.7 cm³/mol. The average molecular weight is 329 g/mol. The second-order valence-corrected chi connectivity index (χ2v) is 5.39. The first-order valence-electron chi connectivity index (χ1n) is 7.50. The van der Waals surface area contributed by atoms with Crippen molar-refractivity contribution in [2.75, 3.05) is 20.3 Å². The van der Waals surface area contributed by atoms with E-state index in [0.717, 1.165) is 19.3 Å². The summed E-state index contributed by atoms with van der Waals surface area (Å²) in [7, 11) is 1.58. The molecule has 6 heteroatoms. The SMILES string of the molecule is COc1ccccc1OCC(=O)NC1CCCCC1CN.Cl. The maximum absolute atomic E-state index is 12.0. The standard InChI is InChI=1S/C16H24N2O3.ClH/c1-20-14-8-4-5-9-15(14)21-11-16(19)18-13-7-3-2-6-12(13)10-17;/h4-5,8-9,12-13H,2-3,6-7,10-11,17H2,1H3,(H,18,19);1H. The Morgan fingerprint density at radius 3 is 2.64 bits per heavy atom. The summed E-state index contributed by atoms with van der Waals surface area (Å²) in [5.74, 6) is 1.48. The van der Waals surface area contributed by atoms with Crippen molar-refractivity contribution in [2.45, 2.75) is 31.7 Å². The summed E-state index contributed by atoms with van der Waals surface area (Å²) in [6, 6.07) is 7.48. The molecule has 3 N–H and O–H groups in total. The van der Waals surface area contributed by atoms with E-state index in [1.54, 1.807) is 19.2 Å². The Kier molecular flexibility index (Phi) is 8.06. The molecule has 5 nitrogen and oxygen atoms in total. The number of amides is 1. The lowest BCUT2D eigenvalue weighted by atomic mass is 9.84. The highest BCUT2D eigenvalue weighted by Crippen LogP contribution is 2.26. The second-order valence-electron chi connectivity index (χ2n) is 5.39. The van der Waals surface area contributed by atoms with Gasteiger partial charge in [-0.1, -0.05) is 25.0 Å². The lowest BCUT2D eigenvalue weighted by Gasteiger charge is -2.31. The Balaban J connectivity index is 0.00000242. The molecule has 2 atom stereocenters. The van der Waals surface area contributed by atoms with E-state index in [1.165, 1.54) is 6.42 Å². The molecule has 1 aromatic rings. The molecule has 1 aliphatic rings. The summed E-state index contributed by atoms with van der Waals surface area (Å²) in [6.07, 6.45) is 4.44. The van der Waals surface area contributed by atoms with E-state index in [9.17, 15) is 4.79 Å². The van der Waals surface area contributed by atoms with Crippen LogP contribution < -0.4 is 20.5 Å². The maximum Gasteiger partial charge on any atom is 0.258 e. The summed E-state index contributed by atoms with van der Waals surface area (Å²) in [5.41, 5.74) is 5.77. The fourth-order valence-corrected chi connectivity index (χ4v) is 2.81. The molecule has 1 amide bonds. The van der Waals surface area contributed by atoms with E-state index in [-0.39, 0.29) is 31.0 Å². The Labute approximate surface area is 138 Å². The third-order valence-corrected chi connectivity index (χ3v) is 3.99. The number of methoxy groups -OCH3 is 1. The van der Waals surface area contributed by atoms with Gasteiger partial charge in [0, 0.05) is 6.04 Å². The van der Waals surface area contributed by atoms with Crippen molar-refractivity contribution >= 4 is 18.3 Å². The fourth-order valence-electron chi connectivity index (χ4n) is 2.81. The van der Waals surface area contributed by atoms with Crippen molar-refractivity contribution in [1.29, 1.82) is 0 Å². The minimum absolute atomic E-state index is 0. The molecule has 0 saturated heterocycles. The van der Waals surface area contributed by atoms with E-state index >= 15 is 0 Å². The topological polar surface area (TPSA) is 73.6 Å². The van der Waals surface area contributed by atoms with Gasteiger partial charge >= 0.3 is 0 Å². The lowest BCUT2D eigenvalue weighted by molar-refractivity contribution is -0.124. The van der Waals surface area contributed by atoms with Gasteiger partial charge in [-0.05, 0) is 37.4 Å². The summed E-state index contributed by atoms with van der Waals surface area (Å²) >= 11 is 0. The first kappa shape index (κ1) is 18.6. The number of nitrogens with one attached hydrogen (secondary N) is 1. The molecule has 0 bridgehead atoms. The van der Waals surface area contributed by atoms with E-state index in [4.69, 9.17) is 15.2 Å². The molecule has 124 valence electrons.